The maximum Gasteiger partial charge on any atom is 0.376 e. The number of carboxylic acids is 1. The first-order valence-electron chi connectivity index (χ1n) is 14.6. The number of halogens is 7. The van der Waals surface area contributed by atoms with E-state index < -0.39 is 40.1 Å². The Labute approximate surface area is 285 Å². The molecule has 1 amide bonds. The minimum Gasteiger partial charge on any atom is -0.489 e. The van der Waals surface area contributed by atoms with Gasteiger partial charge in [-0.2, -0.15) is 13.2 Å². The van der Waals surface area contributed by atoms with Crippen molar-refractivity contribution in [2.75, 3.05) is 0 Å². The molecule has 1 saturated heterocycles. The molecule has 7 nitrogen and oxygen atoms in total. The SMILES string of the molecule is CC1(C)CC(N)CC(C)(C)N1.O=C(C=Cc1ccccc1)N(F)[C@](F)(C(=O)O)C(F)(F)c1ccc(OCc2c(Cl)cccc2Cl)cc1F. The van der Waals surface area contributed by atoms with Gasteiger partial charge in [0.05, 0.1) is 5.56 Å². The molecule has 0 aromatic heterocycles. The Hall–Kier alpha value is -3.71. The second-order valence-electron chi connectivity index (χ2n) is 12.6. The Morgan fingerprint density at radius 2 is 1.56 bits per heavy atom. The second-order valence-corrected chi connectivity index (χ2v) is 13.4. The summed E-state index contributed by atoms with van der Waals surface area (Å²) in [6, 6.07) is 14.1. The van der Waals surface area contributed by atoms with Crippen molar-refractivity contribution in [2.24, 2.45) is 5.73 Å². The molecule has 1 aliphatic rings. The highest BCUT2D eigenvalue weighted by Gasteiger charge is 2.69. The van der Waals surface area contributed by atoms with Crippen LogP contribution in [0, 0.1) is 5.82 Å². The van der Waals surface area contributed by atoms with Gasteiger partial charge in [-0.05, 0) is 76.4 Å². The fourth-order valence-corrected chi connectivity index (χ4v) is 6.04. The number of benzene rings is 3. The Kier molecular flexibility index (Phi) is 12.3. The molecule has 0 spiro atoms. The van der Waals surface area contributed by atoms with E-state index in [4.69, 9.17) is 38.8 Å². The number of hydrogen-bond acceptors (Lipinski definition) is 5. The number of nitrogens with zero attached hydrogens (tertiary/aromatic N) is 1. The molecule has 3 aromatic carbocycles. The Bertz CT molecular complexity index is 1610. The molecule has 0 bridgehead atoms. The van der Waals surface area contributed by atoms with Crippen molar-refractivity contribution in [3.8, 4) is 5.75 Å². The number of carboxylic acid groups (broad SMARTS) is 1. The van der Waals surface area contributed by atoms with Gasteiger partial charge in [-0.15, -0.1) is 5.12 Å². The minimum atomic E-state index is -5.38. The summed E-state index contributed by atoms with van der Waals surface area (Å²) in [7, 11) is 0. The smallest absolute Gasteiger partial charge is 0.376 e. The zero-order valence-corrected chi connectivity index (χ0v) is 28.1. The van der Waals surface area contributed by atoms with E-state index in [0.717, 1.165) is 25.0 Å². The number of aliphatic carboxylic acids is 1. The number of hydrogen-bond donors (Lipinski definition) is 3. The lowest BCUT2D eigenvalue weighted by Crippen LogP contribution is -2.60. The number of nitrogens with one attached hydrogen (secondary N) is 1. The summed E-state index contributed by atoms with van der Waals surface area (Å²) in [5, 5.41) is 11.4. The number of amides is 1. The number of ether oxygens (including phenoxy) is 1. The molecule has 0 unspecified atom stereocenters. The lowest BCUT2D eigenvalue weighted by molar-refractivity contribution is -0.265. The van der Waals surface area contributed by atoms with Gasteiger partial charge in [0.2, 0.25) is 0 Å². The standard InChI is InChI=1S/C25H16Cl2F5NO4.C9H20N2/c26-19-7-4-8-20(27)17(19)14-37-16-10-11-18(21(28)13-16)24(29,30)25(31,23(35)36)33(32)22(34)12-9-15-5-2-1-3-6-15;1-8(2)5-7(10)6-9(3,4)11-8/h1-13H,14H2,(H,35,36);7,11H,5-6,10H2,1-4H3/t25-;/m1./s1. The van der Waals surface area contributed by atoms with Crippen molar-refractivity contribution in [3.05, 3.63) is 105 Å². The molecule has 1 atom stereocenters. The van der Waals surface area contributed by atoms with Gasteiger partial charge in [0.25, 0.3) is 5.91 Å². The summed E-state index contributed by atoms with van der Waals surface area (Å²) < 4.78 is 79.8. The molecule has 4 rings (SSSR count). The van der Waals surface area contributed by atoms with Gasteiger partial charge in [0.15, 0.2) is 0 Å². The third kappa shape index (κ3) is 9.25. The predicted molar refractivity (Wildman–Crippen MR) is 174 cm³/mol. The van der Waals surface area contributed by atoms with Crippen LogP contribution in [-0.2, 0) is 22.1 Å². The lowest BCUT2D eigenvalue weighted by atomic mass is 9.80. The number of nitrogens with two attached hydrogens (primary N) is 1. The van der Waals surface area contributed by atoms with Crippen molar-refractivity contribution in [1.82, 2.24) is 10.4 Å². The van der Waals surface area contributed by atoms with Gasteiger partial charge in [-0.3, -0.25) is 4.79 Å². The average Bonchev–Trinajstić information content (AvgIpc) is 2.97. The number of rotatable bonds is 9. The third-order valence-electron chi connectivity index (χ3n) is 7.33. The van der Waals surface area contributed by atoms with Crippen LogP contribution in [-0.4, -0.2) is 45.0 Å². The fourth-order valence-electron chi connectivity index (χ4n) is 5.54. The zero-order chi connectivity index (χ0) is 36.1. The highest BCUT2D eigenvalue weighted by molar-refractivity contribution is 6.35. The van der Waals surface area contributed by atoms with E-state index in [9.17, 15) is 18.5 Å². The largest absolute Gasteiger partial charge is 0.489 e. The van der Waals surface area contributed by atoms with Crippen LogP contribution in [0.15, 0.2) is 72.8 Å². The molecule has 1 aliphatic heterocycles. The van der Waals surface area contributed by atoms with E-state index in [1.54, 1.807) is 24.3 Å². The molecule has 260 valence electrons. The van der Waals surface area contributed by atoms with Crippen LogP contribution in [0.5, 0.6) is 5.75 Å². The van der Waals surface area contributed by atoms with E-state index in [-0.39, 0.29) is 33.5 Å². The topological polar surface area (TPSA) is 105 Å². The van der Waals surface area contributed by atoms with E-state index >= 15 is 13.2 Å². The maximum absolute atomic E-state index is 15.2. The summed E-state index contributed by atoms with van der Waals surface area (Å²) in [5.41, 5.74) is 5.16. The van der Waals surface area contributed by atoms with Gasteiger partial charge in [0, 0.05) is 44.9 Å². The number of carbonyl (C=O) groups excluding carboxylic acids is 1. The molecule has 1 heterocycles. The molecule has 3 aromatic rings. The minimum absolute atomic E-state index is 0.209. The molecule has 0 saturated carbocycles. The van der Waals surface area contributed by atoms with Crippen LogP contribution >= 0.6 is 23.2 Å². The molecule has 1 fully saturated rings. The molecule has 0 radical (unpaired) electrons. The second kappa shape index (κ2) is 15.2. The number of piperidine rings is 1. The summed E-state index contributed by atoms with van der Waals surface area (Å²) in [4.78, 5) is 23.5. The maximum atomic E-state index is 15.2. The van der Waals surface area contributed by atoms with Crippen molar-refractivity contribution < 1.29 is 41.5 Å². The fraction of sp³-hybridized carbons (Fsp3) is 0.353. The molecule has 14 heteroatoms. The van der Waals surface area contributed by atoms with E-state index in [0.29, 0.717) is 35.4 Å². The first-order chi connectivity index (χ1) is 22.2. The number of alkyl halides is 3. The van der Waals surface area contributed by atoms with Crippen molar-refractivity contribution in [2.45, 2.75) is 76.0 Å². The Balaban J connectivity index is 0.000000480. The summed E-state index contributed by atoms with van der Waals surface area (Å²) in [6.45, 7) is 8.57. The van der Waals surface area contributed by atoms with Gasteiger partial charge < -0.3 is 20.9 Å². The highest BCUT2D eigenvalue weighted by Crippen LogP contribution is 2.46. The quantitative estimate of drug-likeness (QED) is 0.0893. The normalized spacial score (nSPS) is 17.2. The Morgan fingerprint density at radius 1 is 1.00 bits per heavy atom. The van der Waals surface area contributed by atoms with Gasteiger partial charge >= 0.3 is 17.7 Å². The predicted octanol–water partition coefficient (Wildman–Crippen LogP) is 8.23. The lowest BCUT2D eigenvalue weighted by Gasteiger charge is -2.45. The van der Waals surface area contributed by atoms with Crippen LogP contribution in [0.4, 0.5) is 22.0 Å². The van der Waals surface area contributed by atoms with Gasteiger partial charge in [-0.25, -0.2) is 9.18 Å². The summed E-state index contributed by atoms with van der Waals surface area (Å²) >= 11 is 12.0. The van der Waals surface area contributed by atoms with Crippen LogP contribution < -0.4 is 15.8 Å². The van der Waals surface area contributed by atoms with Crippen molar-refractivity contribution in [1.29, 1.82) is 0 Å². The average molecular weight is 717 g/mol. The molecule has 4 N–H and O–H groups in total. The summed E-state index contributed by atoms with van der Waals surface area (Å²) in [5.74, 6) is -17.9. The molecule has 48 heavy (non-hydrogen) atoms. The first kappa shape index (κ1) is 38.7. The van der Waals surface area contributed by atoms with E-state index in [1.165, 1.54) is 24.3 Å². The number of carbonyl (C=O) groups is 2. The van der Waals surface area contributed by atoms with Crippen LogP contribution in [0.2, 0.25) is 10.0 Å². The van der Waals surface area contributed by atoms with Crippen LogP contribution in [0.3, 0.4) is 0 Å². The molecule has 0 aliphatic carbocycles. The van der Waals surface area contributed by atoms with Crippen LogP contribution in [0.25, 0.3) is 6.08 Å². The highest BCUT2D eigenvalue weighted by atomic mass is 35.5. The van der Waals surface area contributed by atoms with E-state index in [2.05, 4.69) is 33.0 Å². The Morgan fingerprint density at radius 3 is 2.06 bits per heavy atom. The van der Waals surface area contributed by atoms with Crippen LogP contribution in [0.1, 0.15) is 57.2 Å². The van der Waals surface area contributed by atoms with Gasteiger partial charge in [0.1, 0.15) is 18.2 Å². The first-order valence-corrected chi connectivity index (χ1v) is 15.4. The monoisotopic (exact) mass is 715 g/mol. The van der Waals surface area contributed by atoms with Gasteiger partial charge in [-0.1, -0.05) is 64.1 Å². The third-order valence-corrected chi connectivity index (χ3v) is 8.04. The van der Waals surface area contributed by atoms with Crippen molar-refractivity contribution >= 4 is 41.2 Å². The summed E-state index contributed by atoms with van der Waals surface area (Å²) in [6.07, 6.45) is 3.47. The molecular weight excluding hydrogens is 680 g/mol. The van der Waals surface area contributed by atoms with Crippen molar-refractivity contribution in [3.63, 3.8) is 0 Å². The zero-order valence-electron chi connectivity index (χ0n) is 26.5. The van der Waals surface area contributed by atoms with E-state index in [1.807, 2.05) is 0 Å². The molecular formula is C34H36Cl2F5N3O4.